The van der Waals surface area contributed by atoms with E-state index in [9.17, 15) is 9.18 Å². The Balaban J connectivity index is 1.53. The highest BCUT2D eigenvalue weighted by molar-refractivity contribution is 5.74. The van der Waals surface area contributed by atoms with E-state index in [0.29, 0.717) is 35.1 Å². The van der Waals surface area contributed by atoms with Gasteiger partial charge in [-0.3, -0.25) is 0 Å². The summed E-state index contributed by atoms with van der Waals surface area (Å²) < 4.78 is 29.3. The number of nitrogens with zero attached hydrogens (tertiary/aromatic N) is 2. The number of carbonyl (C=O) groups excluding carboxylic acids is 1. The van der Waals surface area contributed by atoms with Crippen molar-refractivity contribution < 1.29 is 23.2 Å². The van der Waals surface area contributed by atoms with Crippen molar-refractivity contribution in [1.29, 1.82) is 0 Å². The summed E-state index contributed by atoms with van der Waals surface area (Å²) in [6, 6.07) is 13.1. The number of hydrogen-bond acceptors (Lipinski definition) is 5. The SMILES string of the molecule is CC(C)NC(=O)N(Cc1ccc2c(c1)OCO2)Cc1cc(-c2ccc(F)cc2)on1. The fourth-order valence-corrected chi connectivity index (χ4v) is 3.13. The highest BCUT2D eigenvalue weighted by Gasteiger charge is 2.20. The number of fused-ring (bicyclic) bond motifs is 1. The van der Waals surface area contributed by atoms with Gasteiger partial charge in [-0.05, 0) is 55.8 Å². The highest BCUT2D eigenvalue weighted by Crippen LogP contribution is 2.33. The molecule has 30 heavy (non-hydrogen) atoms. The lowest BCUT2D eigenvalue weighted by Crippen LogP contribution is -2.42. The van der Waals surface area contributed by atoms with Gasteiger partial charge in [0.1, 0.15) is 11.5 Å². The quantitative estimate of drug-likeness (QED) is 0.653. The summed E-state index contributed by atoms with van der Waals surface area (Å²) in [5.74, 6) is 1.55. The van der Waals surface area contributed by atoms with Crippen LogP contribution in [0.25, 0.3) is 11.3 Å². The molecule has 0 fully saturated rings. The Bertz CT molecular complexity index is 1030. The summed E-state index contributed by atoms with van der Waals surface area (Å²) >= 11 is 0. The second kappa shape index (κ2) is 8.44. The van der Waals surface area contributed by atoms with Gasteiger partial charge in [0, 0.05) is 24.2 Å². The van der Waals surface area contributed by atoms with Gasteiger partial charge < -0.3 is 24.2 Å². The number of hydrogen-bond donors (Lipinski definition) is 1. The minimum atomic E-state index is -0.321. The van der Waals surface area contributed by atoms with Crippen molar-refractivity contribution in [1.82, 2.24) is 15.4 Å². The van der Waals surface area contributed by atoms with E-state index in [0.717, 1.165) is 5.56 Å². The number of amides is 2. The van der Waals surface area contributed by atoms with Crippen LogP contribution >= 0.6 is 0 Å². The summed E-state index contributed by atoms with van der Waals surface area (Å²) in [5, 5.41) is 6.99. The largest absolute Gasteiger partial charge is 0.454 e. The molecule has 1 N–H and O–H groups in total. The third kappa shape index (κ3) is 4.53. The molecule has 1 aromatic heterocycles. The fourth-order valence-electron chi connectivity index (χ4n) is 3.13. The van der Waals surface area contributed by atoms with E-state index in [1.165, 1.54) is 12.1 Å². The maximum Gasteiger partial charge on any atom is 0.318 e. The highest BCUT2D eigenvalue weighted by atomic mass is 19.1. The van der Waals surface area contributed by atoms with Gasteiger partial charge in [-0.25, -0.2) is 9.18 Å². The molecule has 2 heterocycles. The predicted molar refractivity (Wildman–Crippen MR) is 107 cm³/mol. The van der Waals surface area contributed by atoms with E-state index in [1.807, 2.05) is 32.0 Å². The molecule has 1 aliphatic rings. The summed E-state index contributed by atoms with van der Waals surface area (Å²) in [5.41, 5.74) is 2.21. The molecule has 3 aromatic rings. The smallest absolute Gasteiger partial charge is 0.318 e. The van der Waals surface area contributed by atoms with Crippen molar-refractivity contribution in [3.63, 3.8) is 0 Å². The molecule has 0 atom stereocenters. The van der Waals surface area contributed by atoms with E-state index in [-0.39, 0.29) is 31.2 Å². The van der Waals surface area contributed by atoms with E-state index in [4.69, 9.17) is 14.0 Å². The van der Waals surface area contributed by atoms with E-state index in [2.05, 4.69) is 10.5 Å². The summed E-state index contributed by atoms with van der Waals surface area (Å²) in [6.07, 6.45) is 0. The molecule has 7 nitrogen and oxygen atoms in total. The third-order valence-corrected chi connectivity index (χ3v) is 4.55. The van der Waals surface area contributed by atoms with Crippen molar-refractivity contribution in [2.75, 3.05) is 6.79 Å². The molecule has 2 amide bonds. The Hall–Kier alpha value is -3.55. The van der Waals surface area contributed by atoms with Crippen LogP contribution in [0.4, 0.5) is 9.18 Å². The Kier molecular flexibility index (Phi) is 5.56. The molecule has 0 saturated heterocycles. The second-order valence-electron chi connectivity index (χ2n) is 7.34. The molecule has 1 aliphatic heterocycles. The monoisotopic (exact) mass is 411 g/mol. The van der Waals surface area contributed by atoms with Crippen LogP contribution in [-0.4, -0.2) is 28.9 Å². The van der Waals surface area contributed by atoms with E-state index in [1.54, 1.807) is 23.1 Å². The van der Waals surface area contributed by atoms with Crippen LogP contribution in [0.15, 0.2) is 53.1 Å². The minimum absolute atomic E-state index is 0.0103. The molecule has 2 aromatic carbocycles. The van der Waals surface area contributed by atoms with Crippen LogP contribution in [0.5, 0.6) is 11.5 Å². The van der Waals surface area contributed by atoms with Crippen molar-refractivity contribution >= 4 is 6.03 Å². The van der Waals surface area contributed by atoms with Gasteiger partial charge in [-0.1, -0.05) is 11.2 Å². The molecule has 4 rings (SSSR count). The van der Waals surface area contributed by atoms with Crippen molar-refractivity contribution in [3.8, 4) is 22.8 Å². The summed E-state index contributed by atoms with van der Waals surface area (Å²) in [6.45, 7) is 4.60. The maximum atomic E-state index is 13.1. The lowest BCUT2D eigenvalue weighted by atomic mass is 10.1. The molecular weight excluding hydrogens is 389 g/mol. The number of carbonyl (C=O) groups is 1. The zero-order chi connectivity index (χ0) is 21.1. The molecule has 0 aliphatic carbocycles. The summed E-state index contributed by atoms with van der Waals surface area (Å²) in [7, 11) is 0. The average Bonchev–Trinajstić information content (AvgIpc) is 3.36. The van der Waals surface area contributed by atoms with Crippen LogP contribution in [0.2, 0.25) is 0 Å². The van der Waals surface area contributed by atoms with Crippen molar-refractivity contribution in [2.45, 2.75) is 33.0 Å². The van der Waals surface area contributed by atoms with Gasteiger partial charge >= 0.3 is 6.03 Å². The van der Waals surface area contributed by atoms with Crippen LogP contribution < -0.4 is 14.8 Å². The van der Waals surface area contributed by atoms with E-state index < -0.39 is 0 Å². The van der Waals surface area contributed by atoms with Gasteiger partial charge in [-0.15, -0.1) is 0 Å². The third-order valence-electron chi connectivity index (χ3n) is 4.55. The molecule has 156 valence electrons. The first-order valence-corrected chi connectivity index (χ1v) is 9.63. The first-order valence-electron chi connectivity index (χ1n) is 9.63. The average molecular weight is 411 g/mol. The standard InChI is InChI=1S/C22H22FN3O4/c1-14(2)24-22(27)26(11-15-3-8-19-21(9-15)29-13-28-19)12-18-10-20(30-25-18)16-4-6-17(23)7-5-16/h3-10,14H,11-13H2,1-2H3,(H,24,27). The van der Waals surface area contributed by atoms with Gasteiger partial charge in [0.25, 0.3) is 0 Å². The molecule has 0 unspecified atom stereocenters. The Labute approximate surface area is 173 Å². The van der Waals surface area contributed by atoms with Crippen LogP contribution in [0.3, 0.4) is 0 Å². The normalized spacial score (nSPS) is 12.3. The lowest BCUT2D eigenvalue weighted by molar-refractivity contribution is 0.173. The molecule has 0 bridgehead atoms. The summed E-state index contributed by atoms with van der Waals surface area (Å²) in [4.78, 5) is 14.4. The van der Waals surface area contributed by atoms with Crippen LogP contribution in [0, 0.1) is 5.82 Å². The zero-order valence-corrected chi connectivity index (χ0v) is 16.7. The number of benzene rings is 2. The van der Waals surface area contributed by atoms with Crippen LogP contribution in [0.1, 0.15) is 25.1 Å². The van der Waals surface area contributed by atoms with Crippen LogP contribution in [-0.2, 0) is 13.1 Å². The number of halogens is 1. The Morgan fingerprint density at radius 3 is 2.63 bits per heavy atom. The molecule has 0 radical (unpaired) electrons. The topological polar surface area (TPSA) is 76.8 Å². The number of rotatable bonds is 6. The van der Waals surface area contributed by atoms with Crippen molar-refractivity contribution in [2.24, 2.45) is 0 Å². The number of aromatic nitrogens is 1. The van der Waals surface area contributed by atoms with Crippen molar-refractivity contribution in [3.05, 3.63) is 65.6 Å². The lowest BCUT2D eigenvalue weighted by Gasteiger charge is -2.23. The molecule has 8 heteroatoms. The molecule has 0 spiro atoms. The number of urea groups is 1. The number of ether oxygens (including phenoxy) is 2. The maximum absolute atomic E-state index is 13.1. The molecule has 0 saturated carbocycles. The Morgan fingerprint density at radius 2 is 1.87 bits per heavy atom. The Morgan fingerprint density at radius 1 is 1.10 bits per heavy atom. The minimum Gasteiger partial charge on any atom is -0.454 e. The van der Waals surface area contributed by atoms with E-state index >= 15 is 0 Å². The molecular formula is C22H22FN3O4. The van der Waals surface area contributed by atoms with Gasteiger partial charge in [-0.2, -0.15) is 0 Å². The van der Waals surface area contributed by atoms with Gasteiger partial charge in [0.05, 0.1) is 6.54 Å². The predicted octanol–water partition coefficient (Wildman–Crippen LogP) is 4.33. The fraction of sp³-hybridized carbons (Fsp3) is 0.273. The first kappa shape index (κ1) is 19.8. The van der Waals surface area contributed by atoms with Gasteiger partial charge in [0.15, 0.2) is 17.3 Å². The first-order chi connectivity index (χ1) is 14.5. The number of nitrogens with one attached hydrogen (secondary N) is 1. The van der Waals surface area contributed by atoms with Gasteiger partial charge in [0.2, 0.25) is 6.79 Å². The second-order valence-corrected chi connectivity index (χ2v) is 7.34. The zero-order valence-electron chi connectivity index (χ0n) is 16.7.